The number of ether oxygens (including phenoxy) is 3. The van der Waals surface area contributed by atoms with Gasteiger partial charge in [-0.25, -0.2) is 26.3 Å². The summed E-state index contributed by atoms with van der Waals surface area (Å²) >= 11 is 0. The Bertz CT molecular complexity index is 1200. The Morgan fingerprint density at radius 3 is 0.717 bits per heavy atom. The van der Waals surface area contributed by atoms with Crippen LogP contribution in [-0.2, 0) is 26.6 Å². The fourth-order valence-corrected chi connectivity index (χ4v) is 22.6. The summed E-state index contributed by atoms with van der Waals surface area (Å²) in [4.78, 5) is 0. The van der Waals surface area contributed by atoms with Crippen molar-refractivity contribution in [2.75, 3.05) is 39.6 Å². The molecule has 0 aromatic carbocycles. The molecule has 1 saturated heterocycles. The molecular weight excluding hydrogens is 961 g/mol. The van der Waals surface area contributed by atoms with E-state index < -0.39 is 175 Å². The molecule has 0 atom stereocenters. The van der Waals surface area contributed by atoms with Crippen molar-refractivity contribution in [1.29, 1.82) is 0 Å². The molecule has 6 nitrogen and oxygen atoms in total. The van der Waals surface area contributed by atoms with Crippen molar-refractivity contribution in [2.45, 2.75) is 130 Å². The van der Waals surface area contributed by atoms with Crippen molar-refractivity contribution in [3.63, 3.8) is 0 Å². The van der Waals surface area contributed by atoms with Crippen LogP contribution in [-0.4, -0.2) is 138 Å². The Hall–Kier alpha value is -1.27. The third-order valence-corrected chi connectivity index (χ3v) is 22.5. The van der Waals surface area contributed by atoms with Gasteiger partial charge >= 0.3 is 98.3 Å². The van der Waals surface area contributed by atoms with E-state index in [1.165, 1.54) is 19.6 Å². The standard InChI is InChI=1S/C27H36F24O6Si3/c1-58(10-4-7-52-13-19(34,35)25(46,47)22(40,41)16(28)29)55-59(2,11-5-8-53-14-20(36,37)26(48,49)23(42,43)17(30)31)57-60(3,56-58)12-6-9-54-15-21(38,39)27(50,51)24(44,45)18(32)33/h16-18H,4-15H2,1-3H3. The quantitative estimate of drug-likeness (QED) is 0.0464. The van der Waals surface area contributed by atoms with Crippen molar-refractivity contribution in [1.82, 2.24) is 0 Å². The highest BCUT2D eigenvalue weighted by Crippen LogP contribution is 2.51. The zero-order valence-corrected chi connectivity index (χ0v) is 33.7. The van der Waals surface area contributed by atoms with E-state index in [4.69, 9.17) is 12.3 Å². The van der Waals surface area contributed by atoms with Gasteiger partial charge in [0.2, 0.25) is 0 Å². The first kappa shape index (κ1) is 56.7. The first-order valence-corrected chi connectivity index (χ1v) is 24.2. The smallest absolute Gasteiger partial charge is 0.380 e. The van der Waals surface area contributed by atoms with Gasteiger partial charge in [-0.05, 0) is 57.0 Å². The van der Waals surface area contributed by atoms with Crippen molar-refractivity contribution in [2.24, 2.45) is 0 Å². The van der Waals surface area contributed by atoms with Gasteiger partial charge in [0.05, 0.1) is 0 Å². The zero-order chi connectivity index (χ0) is 47.5. The van der Waals surface area contributed by atoms with Crippen LogP contribution in [0.3, 0.4) is 0 Å². The first-order chi connectivity index (χ1) is 26.6. The highest BCUT2D eigenvalue weighted by Gasteiger charge is 2.77. The molecule has 0 spiro atoms. The number of rotatable bonds is 27. The number of hydrogen-bond donors (Lipinski definition) is 0. The van der Waals surface area contributed by atoms with E-state index in [-0.39, 0.29) is 0 Å². The molecule has 0 N–H and O–H groups in total. The van der Waals surface area contributed by atoms with Crippen molar-refractivity contribution in [3.8, 4) is 0 Å². The molecule has 0 aliphatic carbocycles. The molecule has 1 aliphatic heterocycles. The zero-order valence-electron chi connectivity index (χ0n) is 30.7. The summed E-state index contributed by atoms with van der Waals surface area (Å²) in [5.41, 5.74) is 0. The summed E-state index contributed by atoms with van der Waals surface area (Å²) in [6.45, 7) is -6.85. The number of alkyl halides is 24. The predicted octanol–water partition coefficient (Wildman–Crippen LogP) is 11.0. The van der Waals surface area contributed by atoms with Gasteiger partial charge < -0.3 is 26.6 Å². The second-order valence-corrected chi connectivity index (χ2v) is 24.5. The van der Waals surface area contributed by atoms with Crippen molar-refractivity contribution < 1.29 is 132 Å². The van der Waals surface area contributed by atoms with Crippen LogP contribution in [0.15, 0.2) is 0 Å². The van der Waals surface area contributed by atoms with Gasteiger partial charge in [-0.15, -0.1) is 0 Å². The molecule has 0 unspecified atom stereocenters. The number of hydrogen-bond acceptors (Lipinski definition) is 6. The molecule has 0 bridgehead atoms. The molecule has 0 amide bonds. The molecular formula is C27H36F24O6Si3. The summed E-state index contributed by atoms with van der Waals surface area (Å²) in [6.07, 6.45) is -17.2. The maximum atomic E-state index is 13.8. The van der Waals surface area contributed by atoms with Gasteiger partial charge in [0.1, 0.15) is 19.8 Å². The summed E-state index contributed by atoms with van der Waals surface area (Å²) in [5.74, 6) is -56.8. The molecule has 0 aromatic heterocycles. The van der Waals surface area contributed by atoms with Gasteiger partial charge in [0.15, 0.2) is 0 Å². The summed E-state index contributed by atoms with van der Waals surface area (Å²) < 4.78 is 348. The van der Waals surface area contributed by atoms with Gasteiger partial charge in [-0.2, -0.15) is 79.0 Å². The molecule has 0 radical (unpaired) electrons. The first-order valence-electron chi connectivity index (χ1n) is 16.7. The molecule has 1 rings (SSSR count). The van der Waals surface area contributed by atoms with Crippen LogP contribution in [0.25, 0.3) is 0 Å². The maximum Gasteiger partial charge on any atom is 0.380 e. The van der Waals surface area contributed by atoms with E-state index in [2.05, 4.69) is 14.2 Å². The monoisotopic (exact) mass is 996 g/mol. The Labute approximate surface area is 327 Å². The van der Waals surface area contributed by atoms with E-state index in [9.17, 15) is 105 Å². The minimum atomic E-state index is -6.60. The minimum Gasteiger partial charge on any atom is -0.416 e. The van der Waals surface area contributed by atoms with Gasteiger partial charge in [-0.1, -0.05) is 0 Å². The second kappa shape index (κ2) is 19.5. The lowest BCUT2D eigenvalue weighted by molar-refractivity contribution is -0.345. The molecule has 1 aliphatic rings. The van der Waals surface area contributed by atoms with E-state index >= 15 is 0 Å². The average Bonchev–Trinajstić information content (AvgIpc) is 3.06. The molecule has 1 heterocycles. The molecule has 360 valence electrons. The van der Waals surface area contributed by atoms with Crippen LogP contribution in [0.1, 0.15) is 19.3 Å². The largest absolute Gasteiger partial charge is 0.416 e. The normalized spacial score (nSPS) is 23.7. The fraction of sp³-hybridized carbons (Fsp3) is 1.00. The van der Waals surface area contributed by atoms with Crippen LogP contribution in [0.4, 0.5) is 105 Å². The summed E-state index contributed by atoms with van der Waals surface area (Å²) in [7, 11) is -11.6. The third-order valence-electron chi connectivity index (χ3n) is 8.36. The van der Waals surface area contributed by atoms with Crippen molar-refractivity contribution >= 4 is 25.7 Å². The highest BCUT2D eigenvalue weighted by molar-refractivity contribution is 6.93. The van der Waals surface area contributed by atoms with Crippen molar-refractivity contribution in [3.05, 3.63) is 0 Å². The number of halogens is 24. The van der Waals surface area contributed by atoms with E-state index in [1.807, 2.05) is 0 Å². The summed E-state index contributed by atoms with van der Waals surface area (Å²) in [6, 6.07) is -1.24. The SMILES string of the molecule is C[Si]1(CCCOCC(F)(F)C(F)(F)C(F)(F)C(F)F)O[Si](C)(CCCOCC(F)(F)C(F)(F)C(F)(F)C(F)F)O[Si](C)(CCCOCC(F)(F)C(F)(F)C(F)(F)C(F)F)O1. The minimum absolute atomic E-state index is 0.414. The summed E-state index contributed by atoms with van der Waals surface area (Å²) in [5, 5.41) is 0. The molecule has 60 heavy (non-hydrogen) atoms. The van der Waals surface area contributed by atoms with E-state index in [0.29, 0.717) is 0 Å². The second-order valence-electron chi connectivity index (χ2n) is 13.8. The molecule has 0 aromatic rings. The Morgan fingerprint density at radius 2 is 0.550 bits per heavy atom. The lowest BCUT2D eigenvalue weighted by atomic mass is 10.1. The van der Waals surface area contributed by atoms with Gasteiger partial charge in [0, 0.05) is 19.8 Å². The molecule has 0 saturated carbocycles. The fourth-order valence-electron chi connectivity index (χ4n) is 5.24. The average molecular weight is 997 g/mol. The van der Waals surface area contributed by atoms with Crippen LogP contribution in [0, 0.1) is 0 Å². The lowest BCUT2D eigenvalue weighted by Crippen LogP contribution is -2.67. The van der Waals surface area contributed by atoms with Crippen LogP contribution in [0.5, 0.6) is 0 Å². The molecule has 1 fully saturated rings. The maximum absolute atomic E-state index is 13.8. The predicted molar refractivity (Wildman–Crippen MR) is 161 cm³/mol. The Morgan fingerprint density at radius 1 is 0.367 bits per heavy atom. The van der Waals surface area contributed by atoms with Crippen LogP contribution >= 0.6 is 0 Å². The van der Waals surface area contributed by atoms with Crippen LogP contribution < -0.4 is 0 Å². The van der Waals surface area contributed by atoms with Gasteiger partial charge in [0.25, 0.3) is 0 Å². The Balaban J connectivity index is 3.11. The van der Waals surface area contributed by atoms with Crippen LogP contribution in [0.2, 0.25) is 37.8 Å². The van der Waals surface area contributed by atoms with E-state index in [0.717, 1.165) is 0 Å². The third kappa shape index (κ3) is 12.5. The molecule has 33 heteroatoms. The highest BCUT2D eigenvalue weighted by atomic mass is 28.5. The van der Waals surface area contributed by atoms with E-state index in [1.54, 1.807) is 0 Å². The topological polar surface area (TPSA) is 55.4 Å². The van der Waals surface area contributed by atoms with Gasteiger partial charge in [-0.3, -0.25) is 0 Å². The lowest BCUT2D eigenvalue weighted by Gasteiger charge is -2.50. The Kier molecular flexibility index (Phi) is 18.4.